The maximum Gasteiger partial charge on any atom is 0.169 e. The van der Waals surface area contributed by atoms with Crippen LogP contribution in [0.3, 0.4) is 0 Å². The molecule has 2 heterocycles. The van der Waals surface area contributed by atoms with Gasteiger partial charge in [-0.1, -0.05) is 4.49 Å². The fourth-order valence-corrected chi connectivity index (χ4v) is 1.90. The standard InChI is InChI=1S/C8H8BrN3OS/c1-5(6-2-3-7(9)13-6)11-8-4-10-12-14-8/h2-5,11H,1H3. The molecule has 0 aliphatic heterocycles. The Morgan fingerprint density at radius 2 is 2.43 bits per heavy atom. The van der Waals surface area contributed by atoms with E-state index in [0.717, 1.165) is 15.4 Å². The fourth-order valence-electron chi connectivity index (χ4n) is 1.08. The number of nitrogens with one attached hydrogen (secondary N) is 1. The van der Waals surface area contributed by atoms with Crippen molar-refractivity contribution in [3.05, 3.63) is 28.8 Å². The molecule has 1 unspecified atom stereocenters. The molecule has 1 N–H and O–H groups in total. The van der Waals surface area contributed by atoms with Gasteiger partial charge in [0.2, 0.25) is 0 Å². The van der Waals surface area contributed by atoms with E-state index in [1.165, 1.54) is 11.5 Å². The first-order chi connectivity index (χ1) is 6.75. The first kappa shape index (κ1) is 9.67. The molecule has 0 aliphatic carbocycles. The minimum absolute atomic E-state index is 0.114. The lowest BCUT2D eigenvalue weighted by Gasteiger charge is -2.09. The molecule has 0 bridgehead atoms. The maximum absolute atomic E-state index is 5.41. The van der Waals surface area contributed by atoms with Gasteiger partial charge < -0.3 is 9.73 Å². The molecule has 1 atom stereocenters. The normalized spacial score (nSPS) is 12.7. The Hall–Kier alpha value is -0.880. The smallest absolute Gasteiger partial charge is 0.169 e. The molecule has 0 fully saturated rings. The van der Waals surface area contributed by atoms with Crippen LogP contribution in [-0.4, -0.2) is 9.59 Å². The van der Waals surface area contributed by atoms with Gasteiger partial charge in [-0.2, -0.15) is 0 Å². The fraction of sp³-hybridized carbons (Fsp3) is 0.250. The number of hydrogen-bond acceptors (Lipinski definition) is 5. The first-order valence-electron chi connectivity index (χ1n) is 4.05. The van der Waals surface area contributed by atoms with Crippen LogP contribution in [0, 0.1) is 0 Å². The summed E-state index contributed by atoms with van der Waals surface area (Å²) in [7, 11) is 0. The molecular formula is C8H8BrN3OS. The highest BCUT2D eigenvalue weighted by atomic mass is 79.9. The first-order valence-corrected chi connectivity index (χ1v) is 5.61. The van der Waals surface area contributed by atoms with Crippen molar-refractivity contribution in [1.82, 2.24) is 9.59 Å². The summed E-state index contributed by atoms with van der Waals surface area (Å²) in [6.45, 7) is 2.02. The Kier molecular flexibility index (Phi) is 2.83. The van der Waals surface area contributed by atoms with Crippen LogP contribution in [0.15, 0.2) is 27.4 Å². The number of furan rings is 1. The second kappa shape index (κ2) is 4.10. The lowest BCUT2D eigenvalue weighted by Crippen LogP contribution is -2.03. The molecule has 2 aromatic rings. The summed E-state index contributed by atoms with van der Waals surface area (Å²) >= 11 is 4.59. The van der Waals surface area contributed by atoms with Gasteiger partial charge in [0.1, 0.15) is 10.8 Å². The van der Waals surface area contributed by atoms with Crippen molar-refractivity contribution >= 4 is 32.5 Å². The van der Waals surface area contributed by atoms with E-state index in [1.807, 2.05) is 19.1 Å². The van der Waals surface area contributed by atoms with Crippen molar-refractivity contribution in [2.24, 2.45) is 0 Å². The Bertz CT molecular complexity index is 400. The van der Waals surface area contributed by atoms with Crippen LogP contribution in [0.1, 0.15) is 18.7 Å². The van der Waals surface area contributed by atoms with Crippen molar-refractivity contribution in [3.8, 4) is 0 Å². The maximum atomic E-state index is 5.41. The molecule has 0 spiro atoms. The van der Waals surface area contributed by atoms with Gasteiger partial charge in [0.05, 0.1) is 12.2 Å². The van der Waals surface area contributed by atoms with Crippen molar-refractivity contribution in [1.29, 1.82) is 0 Å². The lowest BCUT2D eigenvalue weighted by molar-refractivity contribution is 0.471. The summed E-state index contributed by atoms with van der Waals surface area (Å²) in [5.74, 6) is 0.880. The molecule has 0 aliphatic rings. The monoisotopic (exact) mass is 273 g/mol. The largest absolute Gasteiger partial charge is 0.452 e. The Labute approximate surface area is 93.6 Å². The summed E-state index contributed by atoms with van der Waals surface area (Å²) in [5.41, 5.74) is 0. The molecule has 0 saturated heterocycles. The van der Waals surface area contributed by atoms with E-state index in [4.69, 9.17) is 4.42 Å². The van der Waals surface area contributed by atoms with E-state index in [0.29, 0.717) is 0 Å². The topological polar surface area (TPSA) is 51.0 Å². The van der Waals surface area contributed by atoms with Crippen LogP contribution in [0.5, 0.6) is 0 Å². The number of hydrogen-bond donors (Lipinski definition) is 1. The van der Waals surface area contributed by atoms with E-state index < -0.39 is 0 Å². The van der Waals surface area contributed by atoms with Crippen LogP contribution in [0.2, 0.25) is 0 Å². The average Bonchev–Trinajstić information content (AvgIpc) is 2.75. The average molecular weight is 274 g/mol. The summed E-state index contributed by atoms with van der Waals surface area (Å²) < 4.78 is 9.91. The predicted octanol–water partition coefficient (Wildman–Crippen LogP) is 3.07. The highest BCUT2D eigenvalue weighted by molar-refractivity contribution is 9.10. The molecule has 0 amide bonds. The zero-order valence-electron chi connectivity index (χ0n) is 7.40. The summed E-state index contributed by atoms with van der Waals surface area (Å²) in [5, 5.41) is 7.91. The SMILES string of the molecule is CC(Nc1cnns1)c1ccc(Br)o1. The third kappa shape index (κ3) is 2.13. The molecule has 0 saturated carbocycles. The lowest BCUT2D eigenvalue weighted by atomic mass is 10.2. The second-order valence-corrected chi connectivity index (χ2v) is 4.36. The summed E-state index contributed by atoms with van der Waals surface area (Å²) in [6.07, 6.45) is 1.69. The summed E-state index contributed by atoms with van der Waals surface area (Å²) in [6, 6.07) is 3.91. The van der Waals surface area contributed by atoms with Gasteiger partial charge in [-0.05, 0) is 35.0 Å². The molecule has 14 heavy (non-hydrogen) atoms. The molecular weight excluding hydrogens is 266 g/mol. The number of nitrogens with zero attached hydrogens (tertiary/aromatic N) is 2. The van der Waals surface area contributed by atoms with Crippen molar-refractivity contribution in [2.75, 3.05) is 5.32 Å². The number of halogens is 1. The summed E-state index contributed by atoms with van der Waals surface area (Å²) in [4.78, 5) is 0. The van der Waals surface area contributed by atoms with Gasteiger partial charge in [0.15, 0.2) is 4.67 Å². The molecule has 74 valence electrons. The molecule has 4 nitrogen and oxygen atoms in total. The van der Waals surface area contributed by atoms with E-state index in [9.17, 15) is 0 Å². The van der Waals surface area contributed by atoms with Crippen LogP contribution < -0.4 is 5.32 Å². The van der Waals surface area contributed by atoms with Crippen LogP contribution in [-0.2, 0) is 0 Å². The van der Waals surface area contributed by atoms with Crippen molar-refractivity contribution < 1.29 is 4.42 Å². The van der Waals surface area contributed by atoms with Crippen LogP contribution in [0.25, 0.3) is 0 Å². The molecule has 0 aromatic carbocycles. The van der Waals surface area contributed by atoms with Crippen molar-refractivity contribution in [3.63, 3.8) is 0 Å². The molecule has 2 rings (SSSR count). The second-order valence-electron chi connectivity index (χ2n) is 2.79. The number of aromatic nitrogens is 2. The van der Waals surface area contributed by atoms with E-state index >= 15 is 0 Å². The minimum Gasteiger partial charge on any atom is -0.452 e. The Morgan fingerprint density at radius 3 is 3.00 bits per heavy atom. The van der Waals surface area contributed by atoms with Crippen LogP contribution in [0.4, 0.5) is 5.00 Å². The highest BCUT2D eigenvalue weighted by Gasteiger charge is 2.10. The van der Waals surface area contributed by atoms with Crippen LogP contribution >= 0.6 is 27.5 Å². The Balaban J connectivity index is 2.06. The predicted molar refractivity (Wildman–Crippen MR) is 58.4 cm³/mol. The number of anilines is 1. The molecule has 2 aromatic heterocycles. The minimum atomic E-state index is 0.114. The third-order valence-corrected chi connectivity index (χ3v) is 2.76. The van der Waals surface area contributed by atoms with Gasteiger partial charge in [-0.3, -0.25) is 0 Å². The highest BCUT2D eigenvalue weighted by Crippen LogP contribution is 2.24. The molecule has 0 radical (unpaired) electrons. The number of rotatable bonds is 3. The van der Waals surface area contributed by atoms with Gasteiger partial charge >= 0.3 is 0 Å². The Morgan fingerprint density at radius 1 is 1.57 bits per heavy atom. The van der Waals surface area contributed by atoms with Crippen molar-refractivity contribution in [2.45, 2.75) is 13.0 Å². The third-order valence-electron chi connectivity index (χ3n) is 1.74. The van der Waals surface area contributed by atoms with Gasteiger partial charge in [0, 0.05) is 11.5 Å². The quantitative estimate of drug-likeness (QED) is 0.934. The van der Waals surface area contributed by atoms with Gasteiger partial charge in [0.25, 0.3) is 0 Å². The van der Waals surface area contributed by atoms with Gasteiger partial charge in [-0.15, -0.1) is 5.10 Å². The zero-order chi connectivity index (χ0) is 9.97. The van der Waals surface area contributed by atoms with E-state index in [1.54, 1.807) is 6.20 Å². The zero-order valence-corrected chi connectivity index (χ0v) is 9.80. The van der Waals surface area contributed by atoms with E-state index in [-0.39, 0.29) is 6.04 Å². The van der Waals surface area contributed by atoms with E-state index in [2.05, 4.69) is 30.8 Å². The van der Waals surface area contributed by atoms with Gasteiger partial charge in [-0.25, -0.2) is 0 Å². The molecule has 6 heteroatoms.